The zero-order valence-electron chi connectivity index (χ0n) is 18.0. The lowest BCUT2D eigenvalue weighted by atomic mass is 10.1. The average molecular weight is 589 g/mol. The van der Waals surface area contributed by atoms with Crippen LogP contribution in [0.5, 0.6) is 0 Å². The number of carbonyl (C=O) groups is 1. The molecule has 1 amide bonds. The van der Waals surface area contributed by atoms with Crippen LogP contribution in [0.2, 0.25) is 5.02 Å². The van der Waals surface area contributed by atoms with Gasteiger partial charge in [0.05, 0.1) is 12.3 Å². The first kappa shape index (κ1) is 23.8. The molecule has 1 heterocycles. The van der Waals surface area contributed by atoms with Gasteiger partial charge >= 0.3 is 0 Å². The summed E-state index contributed by atoms with van der Waals surface area (Å²) in [5, 5.41) is 13.3. The molecule has 0 aliphatic rings. The molecule has 0 aliphatic heterocycles. The van der Waals surface area contributed by atoms with E-state index in [9.17, 15) is 4.79 Å². The molecule has 4 rings (SSSR count). The predicted molar refractivity (Wildman–Crippen MR) is 143 cm³/mol. The lowest BCUT2D eigenvalue weighted by molar-refractivity contribution is -0.113. The Balaban J connectivity index is 1.51. The summed E-state index contributed by atoms with van der Waals surface area (Å²) in [6, 6.07) is 23.9. The monoisotopic (exact) mass is 588 g/mol. The number of thioether (sulfide) groups is 1. The van der Waals surface area contributed by atoms with Crippen molar-refractivity contribution in [3.05, 3.63) is 104 Å². The number of rotatable bonds is 8. The van der Waals surface area contributed by atoms with Gasteiger partial charge in [0, 0.05) is 20.7 Å². The SMILES string of the molecule is Cc1cc(I)ccc1NC(=O)CSc1nnc(Cc2ccccc2)n1Cc1ccc(Cl)cc1. The highest BCUT2D eigenvalue weighted by atomic mass is 127. The van der Waals surface area contributed by atoms with Gasteiger partial charge in [-0.05, 0) is 76.5 Å². The molecule has 0 radical (unpaired) electrons. The molecule has 5 nitrogen and oxygen atoms in total. The number of hydrogen-bond acceptors (Lipinski definition) is 4. The van der Waals surface area contributed by atoms with E-state index in [4.69, 9.17) is 11.6 Å². The van der Waals surface area contributed by atoms with Gasteiger partial charge in [-0.25, -0.2) is 0 Å². The highest BCUT2D eigenvalue weighted by molar-refractivity contribution is 14.1. The number of aryl methyl sites for hydroxylation is 1. The summed E-state index contributed by atoms with van der Waals surface area (Å²) in [5.41, 5.74) is 4.12. The van der Waals surface area contributed by atoms with Gasteiger partial charge in [0.2, 0.25) is 5.91 Å². The van der Waals surface area contributed by atoms with Crippen molar-refractivity contribution in [2.75, 3.05) is 11.1 Å². The third-order valence-corrected chi connectivity index (χ3v) is 6.94. The smallest absolute Gasteiger partial charge is 0.234 e. The van der Waals surface area contributed by atoms with Crippen LogP contribution in [-0.4, -0.2) is 26.4 Å². The minimum absolute atomic E-state index is 0.0741. The molecule has 1 aromatic heterocycles. The van der Waals surface area contributed by atoms with Crippen LogP contribution in [-0.2, 0) is 17.8 Å². The van der Waals surface area contributed by atoms with E-state index in [1.807, 2.05) is 67.6 Å². The van der Waals surface area contributed by atoms with E-state index in [-0.39, 0.29) is 11.7 Å². The van der Waals surface area contributed by atoms with Crippen molar-refractivity contribution in [2.24, 2.45) is 0 Å². The van der Waals surface area contributed by atoms with E-state index in [2.05, 4.69) is 54.8 Å². The predicted octanol–water partition coefficient (Wildman–Crippen LogP) is 6.21. The van der Waals surface area contributed by atoms with E-state index >= 15 is 0 Å². The van der Waals surface area contributed by atoms with Gasteiger partial charge in [-0.15, -0.1) is 10.2 Å². The normalized spacial score (nSPS) is 10.9. The lowest BCUT2D eigenvalue weighted by Crippen LogP contribution is -2.16. The molecule has 0 saturated carbocycles. The van der Waals surface area contributed by atoms with Crippen molar-refractivity contribution >= 4 is 57.5 Å². The molecule has 0 unspecified atom stereocenters. The van der Waals surface area contributed by atoms with Crippen LogP contribution in [0.25, 0.3) is 0 Å². The fourth-order valence-electron chi connectivity index (χ4n) is 3.35. The Hall–Kier alpha value is -2.36. The second-order valence-corrected chi connectivity index (χ2v) is 10.2. The molecule has 33 heavy (non-hydrogen) atoms. The second kappa shape index (κ2) is 11.2. The molecule has 0 bridgehead atoms. The van der Waals surface area contributed by atoms with E-state index in [1.165, 1.54) is 11.8 Å². The summed E-state index contributed by atoms with van der Waals surface area (Å²) in [6.45, 7) is 2.59. The lowest BCUT2D eigenvalue weighted by Gasteiger charge is -2.11. The van der Waals surface area contributed by atoms with Gasteiger partial charge in [0.25, 0.3) is 0 Å². The van der Waals surface area contributed by atoms with Gasteiger partial charge in [0.1, 0.15) is 5.82 Å². The van der Waals surface area contributed by atoms with Gasteiger partial charge < -0.3 is 9.88 Å². The first-order valence-electron chi connectivity index (χ1n) is 10.4. The Bertz CT molecular complexity index is 1250. The summed E-state index contributed by atoms with van der Waals surface area (Å²) in [5.74, 6) is 1.03. The zero-order chi connectivity index (χ0) is 23.2. The van der Waals surface area contributed by atoms with Crippen LogP contribution in [0.4, 0.5) is 5.69 Å². The van der Waals surface area contributed by atoms with Gasteiger partial charge in [-0.2, -0.15) is 0 Å². The highest BCUT2D eigenvalue weighted by Crippen LogP contribution is 2.23. The van der Waals surface area contributed by atoms with Crippen molar-refractivity contribution in [3.63, 3.8) is 0 Å². The topological polar surface area (TPSA) is 59.8 Å². The van der Waals surface area contributed by atoms with Crippen LogP contribution in [0.3, 0.4) is 0 Å². The molecule has 0 aliphatic carbocycles. The Morgan fingerprint density at radius 1 is 1.03 bits per heavy atom. The molecule has 4 aromatic rings. The fourth-order valence-corrected chi connectivity index (χ4v) is 4.88. The number of benzene rings is 3. The summed E-state index contributed by atoms with van der Waals surface area (Å²) >= 11 is 9.70. The minimum Gasteiger partial charge on any atom is -0.325 e. The Labute approximate surface area is 216 Å². The third-order valence-electron chi connectivity index (χ3n) is 5.05. The summed E-state index contributed by atoms with van der Waals surface area (Å²) < 4.78 is 3.21. The molecular formula is C25H22ClIN4OS. The molecule has 3 aromatic carbocycles. The number of amides is 1. The number of nitrogens with zero attached hydrogens (tertiary/aromatic N) is 3. The molecule has 0 fully saturated rings. The van der Waals surface area contributed by atoms with Crippen molar-refractivity contribution < 1.29 is 4.79 Å². The Kier molecular flexibility index (Phi) is 8.06. The maximum Gasteiger partial charge on any atom is 0.234 e. The summed E-state index contributed by atoms with van der Waals surface area (Å²) in [4.78, 5) is 12.6. The second-order valence-electron chi connectivity index (χ2n) is 7.57. The molecule has 168 valence electrons. The minimum atomic E-state index is -0.0741. The van der Waals surface area contributed by atoms with Gasteiger partial charge in [-0.1, -0.05) is 65.8 Å². The summed E-state index contributed by atoms with van der Waals surface area (Å²) in [6.07, 6.45) is 0.663. The number of nitrogens with one attached hydrogen (secondary N) is 1. The Morgan fingerprint density at radius 2 is 1.79 bits per heavy atom. The number of hydrogen-bond donors (Lipinski definition) is 1. The largest absolute Gasteiger partial charge is 0.325 e. The number of carbonyl (C=O) groups excluding carboxylic acids is 1. The van der Waals surface area contributed by atoms with E-state index < -0.39 is 0 Å². The molecule has 1 N–H and O–H groups in total. The van der Waals surface area contributed by atoms with Crippen LogP contribution in [0.1, 0.15) is 22.5 Å². The van der Waals surface area contributed by atoms with Crippen LogP contribution >= 0.6 is 46.0 Å². The average Bonchev–Trinajstić information content (AvgIpc) is 3.17. The van der Waals surface area contributed by atoms with Crippen molar-refractivity contribution in [3.8, 4) is 0 Å². The molecule has 0 saturated heterocycles. The quantitative estimate of drug-likeness (QED) is 0.196. The fraction of sp³-hybridized carbons (Fsp3) is 0.160. The zero-order valence-corrected chi connectivity index (χ0v) is 21.7. The third kappa shape index (κ3) is 6.59. The van der Waals surface area contributed by atoms with E-state index in [1.54, 1.807) is 0 Å². The van der Waals surface area contributed by atoms with Crippen molar-refractivity contribution in [1.82, 2.24) is 14.8 Å². The standard InChI is InChI=1S/C25H22ClIN4OS/c1-17-13-21(27)11-12-22(17)28-24(32)16-33-25-30-29-23(14-18-5-3-2-4-6-18)31(25)15-19-7-9-20(26)10-8-19/h2-13H,14-16H2,1H3,(H,28,32). The van der Waals surface area contributed by atoms with Crippen molar-refractivity contribution in [2.45, 2.75) is 25.0 Å². The molecule has 0 atom stereocenters. The molecular weight excluding hydrogens is 567 g/mol. The van der Waals surface area contributed by atoms with Crippen molar-refractivity contribution in [1.29, 1.82) is 0 Å². The van der Waals surface area contributed by atoms with Crippen LogP contribution < -0.4 is 5.32 Å². The van der Waals surface area contributed by atoms with E-state index in [0.29, 0.717) is 23.1 Å². The van der Waals surface area contributed by atoms with Crippen LogP contribution in [0, 0.1) is 10.5 Å². The van der Waals surface area contributed by atoms with E-state index in [0.717, 1.165) is 31.8 Å². The number of halogens is 2. The number of aromatic nitrogens is 3. The molecule has 8 heteroatoms. The summed E-state index contributed by atoms with van der Waals surface area (Å²) in [7, 11) is 0. The molecule has 0 spiro atoms. The highest BCUT2D eigenvalue weighted by Gasteiger charge is 2.16. The van der Waals surface area contributed by atoms with Crippen LogP contribution in [0.15, 0.2) is 78.0 Å². The van der Waals surface area contributed by atoms with Gasteiger partial charge in [0.15, 0.2) is 5.16 Å². The maximum atomic E-state index is 12.6. The van der Waals surface area contributed by atoms with Gasteiger partial charge in [-0.3, -0.25) is 4.79 Å². The Morgan fingerprint density at radius 3 is 2.52 bits per heavy atom. The number of anilines is 1. The maximum absolute atomic E-state index is 12.6. The first-order valence-corrected chi connectivity index (χ1v) is 12.8. The first-order chi connectivity index (χ1) is 16.0.